The van der Waals surface area contributed by atoms with Crippen LogP contribution in [-0.2, 0) is 0 Å². The Bertz CT molecular complexity index is 1070. The average Bonchev–Trinajstić information content (AvgIpc) is 3.36. The van der Waals surface area contributed by atoms with Gasteiger partial charge in [-0.2, -0.15) is 0 Å². The molecular formula is C24H25N5O. The molecule has 3 atom stereocenters. The number of nitrogens with zero attached hydrogens (tertiary/aromatic N) is 4. The lowest BCUT2D eigenvalue weighted by atomic mass is 10.0. The summed E-state index contributed by atoms with van der Waals surface area (Å²) in [6.07, 6.45) is 5.71. The summed E-state index contributed by atoms with van der Waals surface area (Å²) in [6, 6.07) is 14.1. The molecular weight excluding hydrogens is 374 g/mol. The maximum Gasteiger partial charge on any atom is 0.273 e. The summed E-state index contributed by atoms with van der Waals surface area (Å²) in [5.41, 5.74) is 4.03. The van der Waals surface area contributed by atoms with E-state index in [1.54, 1.807) is 6.20 Å². The summed E-state index contributed by atoms with van der Waals surface area (Å²) in [5, 5.41) is 3.56. The van der Waals surface area contributed by atoms with Crippen LogP contribution in [0.15, 0.2) is 54.9 Å². The summed E-state index contributed by atoms with van der Waals surface area (Å²) >= 11 is 0. The second kappa shape index (κ2) is 7.52. The van der Waals surface area contributed by atoms with Crippen LogP contribution < -0.4 is 5.32 Å². The van der Waals surface area contributed by atoms with E-state index in [0.717, 1.165) is 47.7 Å². The van der Waals surface area contributed by atoms with Crippen molar-refractivity contribution in [3.63, 3.8) is 0 Å². The Labute approximate surface area is 176 Å². The molecule has 1 saturated heterocycles. The van der Waals surface area contributed by atoms with Crippen molar-refractivity contribution in [3.05, 3.63) is 71.8 Å². The maximum absolute atomic E-state index is 13.6. The van der Waals surface area contributed by atoms with Gasteiger partial charge in [-0.1, -0.05) is 12.1 Å². The number of amides is 1. The molecule has 2 fully saturated rings. The standard InChI is InChI=1S/C24H25N5O/c1-15-6-9-22(26-13-15)28-20-11-17-12-21(20)29(14-17)24(30)23-18(8-7-16(2)27-23)19-5-3-4-10-25-19/h3-10,13,17,20-21H,11-12,14H2,1-2H3,(H,26,28). The number of rotatable bonds is 4. The number of hydrogen-bond acceptors (Lipinski definition) is 5. The molecule has 3 unspecified atom stereocenters. The number of aromatic nitrogens is 3. The number of carbonyl (C=O) groups excluding carboxylic acids is 1. The van der Waals surface area contributed by atoms with Gasteiger partial charge in [-0.25, -0.2) is 9.97 Å². The average molecular weight is 399 g/mol. The minimum atomic E-state index is -0.00443. The largest absolute Gasteiger partial charge is 0.365 e. The maximum atomic E-state index is 13.6. The number of fused-ring (bicyclic) bond motifs is 2. The minimum Gasteiger partial charge on any atom is -0.365 e. The highest BCUT2D eigenvalue weighted by Gasteiger charge is 2.47. The molecule has 1 aliphatic heterocycles. The number of piperidine rings is 1. The molecule has 0 aromatic carbocycles. The fourth-order valence-corrected chi connectivity index (χ4v) is 4.74. The quantitative estimate of drug-likeness (QED) is 0.721. The van der Waals surface area contributed by atoms with Crippen LogP contribution in [0.4, 0.5) is 5.82 Å². The van der Waals surface area contributed by atoms with Gasteiger partial charge in [0.25, 0.3) is 5.91 Å². The van der Waals surface area contributed by atoms with Gasteiger partial charge in [-0.05, 0) is 68.5 Å². The molecule has 152 valence electrons. The molecule has 1 amide bonds. The molecule has 6 heteroatoms. The summed E-state index contributed by atoms with van der Waals surface area (Å²) < 4.78 is 0. The van der Waals surface area contributed by atoms with Gasteiger partial charge in [-0.3, -0.25) is 9.78 Å². The van der Waals surface area contributed by atoms with Crippen LogP contribution in [0.5, 0.6) is 0 Å². The van der Waals surface area contributed by atoms with E-state index >= 15 is 0 Å². The van der Waals surface area contributed by atoms with Crippen LogP contribution in [-0.4, -0.2) is 44.4 Å². The van der Waals surface area contributed by atoms with Crippen LogP contribution in [0, 0.1) is 19.8 Å². The van der Waals surface area contributed by atoms with Crippen molar-refractivity contribution >= 4 is 11.7 Å². The van der Waals surface area contributed by atoms with E-state index in [4.69, 9.17) is 0 Å². The third kappa shape index (κ3) is 3.43. The predicted molar refractivity (Wildman–Crippen MR) is 116 cm³/mol. The lowest BCUT2D eigenvalue weighted by Gasteiger charge is -2.34. The Hall–Kier alpha value is -3.28. The second-order valence-electron chi connectivity index (χ2n) is 8.40. The molecule has 2 bridgehead atoms. The van der Waals surface area contributed by atoms with E-state index < -0.39 is 0 Å². The molecule has 3 aromatic heterocycles. The number of hydrogen-bond donors (Lipinski definition) is 1. The number of aryl methyl sites for hydroxylation is 2. The van der Waals surface area contributed by atoms with Crippen LogP contribution in [0.1, 0.15) is 34.6 Å². The van der Waals surface area contributed by atoms with Gasteiger partial charge in [-0.15, -0.1) is 0 Å². The SMILES string of the molecule is Cc1ccc(NC2CC3CC2N(C(=O)c2nc(C)ccc2-c2ccccn2)C3)nc1. The Morgan fingerprint density at radius 3 is 2.70 bits per heavy atom. The van der Waals surface area contributed by atoms with E-state index in [2.05, 4.69) is 26.3 Å². The second-order valence-corrected chi connectivity index (χ2v) is 8.40. The highest BCUT2D eigenvalue weighted by atomic mass is 16.2. The van der Waals surface area contributed by atoms with Gasteiger partial charge in [0.15, 0.2) is 0 Å². The smallest absolute Gasteiger partial charge is 0.273 e. The molecule has 0 radical (unpaired) electrons. The highest BCUT2D eigenvalue weighted by Crippen LogP contribution is 2.40. The van der Waals surface area contributed by atoms with Crippen molar-refractivity contribution in [2.45, 2.75) is 38.8 Å². The number of anilines is 1. The van der Waals surface area contributed by atoms with E-state index in [1.807, 2.05) is 61.3 Å². The third-order valence-corrected chi connectivity index (χ3v) is 6.17. The number of likely N-dealkylation sites (tertiary alicyclic amines) is 1. The van der Waals surface area contributed by atoms with Crippen molar-refractivity contribution < 1.29 is 4.79 Å². The normalized spacial score (nSPS) is 22.3. The number of pyridine rings is 3. The van der Waals surface area contributed by atoms with E-state index in [-0.39, 0.29) is 18.0 Å². The monoisotopic (exact) mass is 399 g/mol. The van der Waals surface area contributed by atoms with E-state index in [1.165, 1.54) is 0 Å². The Morgan fingerprint density at radius 1 is 1.07 bits per heavy atom. The first kappa shape index (κ1) is 18.7. The summed E-state index contributed by atoms with van der Waals surface area (Å²) in [6.45, 7) is 4.74. The summed E-state index contributed by atoms with van der Waals surface area (Å²) in [7, 11) is 0. The lowest BCUT2D eigenvalue weighted by molar-refractivity contribution is 0.0686. The first-order valence-electron chi connectivity index (χ1n) is 10.5. The molecule has 1 aliphatic carbocycles. The molecule has 3 aromatic rings. The molecule has 4 heterocycles. The molecule has 1 N–H and O–H groups in total. The summed E-state index contributed by atoms with van der Waals surface area (Å²) in [4.78, 5) is 29.2. The van der Waals surface area contributed by atoms with Crippen LogP contribution >= 0.6 is 0 Å². The van der Waals surface area contributed by atoms with Crippen molar-refractivity contribution in [2.75, 3.05) is 11.9 Å². The van der Waals surface area contributed by atoms with Crippen molar-refractivity contribution in [1.82, 2.24) is 19.9 Å². The van der Waals surface area contributed by atoms with E-state index in [9.17, 15) is 4.79 Å². The minimum absolute atomic E-state index is 0.00443. The number of carbonyl (C=O) groups is 1. The Balaban J connectivity index is 1.42. The molecule has 0 spiro atoms. The molecule has 30 heavy (non-hydrogen) atoms. The first-order chi connectivity index (χ1) is 14.6. The first-order valence-corrected chi connectivity index (χ1v) is 10.5. The zero-order valence-electron chi connectivity index (χ0n) is 17.2. The van der Waals surface area contributed by atoms with Crippen LogP contribution in [0.2, 0.25) is 0 Å². The lowest BCUT2D eigenvalue weighted by Crippen LogP contribution is -2.48. The fraction of sp³-hybridized carbons (Fsp3) is 0.333. The Morgan fingerprint density at radius 2 is 1.97 bits per heavy atom. The van der Waals surface area contributed by atoms with Gasteiger partial charge in [0.05, 0.1) is 11.7 Å². The molecule has 6 nitrogen and oxygen atoms in total. The third-order valence-electron chi connectivity index (χ3n) is 6.17. The fourth-order valence-electron chi connectivity index (χ4n) is 4.74. The van der Waals surface area contributed by atoms with Crippen molar-refractivity contribution in [3.8, 4) is 11.3 Å². The molecule has 2 aliphatic rings. The predicted octanol–water partition coefficient (Wildman–Crippen LogP) is 3.87. The van der Waals surface area contributed by atoms with E-state index in [0.29, 0.717) is 11.6 Å². The van der Waals surface area contributed by atoms with Gasteiger partial charge in [0.2, 0.25) is 0 Å². The van der Waals surface area contributed by atoms with Gasteiger partial charge in [0.1, 0.15) is 11.5 Å². The van der Waals surface area contributed by atoms with Crippen LogP contribution in [0.25, 0.3) is 11.3 Å². The van der Waals surface area contributed by atoms with Crippen LogP contribution in [0.3, 0.4) is 0 Å². The molecule has 5 rings (SSSR count). The zero-order chi connectivity index (χ0) is 20.7. The number of nitrogens with one attached hydrogen (secondary N) is 1. The van der Waals surface area contributed by atoms with Gasteiger partial charge in [0, 0.05) is 36.2 Å². The highest BCUT2D eigenvalue weighted by molar-refractivity contribution is 5.99. The van der Waals surface area contributed by atoms with Gasteiger partial charge < -0.3 is 10.2 Å². The van der Waals surface area contributed by atoms with Crippen molar-refractivity contribution in [2.24, 2.45) is 5.92 Å². The zero-order valence-corrected chi connectivity index (χ0v) is 17.2. The molecule has 1 saturated carbocycles. The Kier molecular flexibility index (Phi) is 4.69. The van der Waals surface area contributed by atoms with Crippen molar-refractivity contribution in [1.29, 1.82) is 0 Å². The topological polar surface area (TPSA) is 71.0 Å². The van der Waals surface area contributed by atoms with Gasteiger partial charge >= 0.3 is 0 Å². The summed E-state index contributed by atoms with van der Waals surface area (Å²) in [5.74, 6) is 1.38.